The predicted molar refractivity (Wildman–Crippen MR) is 154 cm³/mol. The van der Waals surface area contributed by atoms with Crippen molar-refractivity contribution >= 4 is 24.8 Å². The lowest BCUT2D eigenvalue weighted by molar-refractivity contribution is 0.160. The number of nitrogens with zero attached hydrogens (tertiary/aromatic N) is 2. The molecule has 2 heterocycles. The monoisotopic (exact) mass is 520 g/mol. The van der Waals surface area contributed by atoms with Crippen LogP contribution in [0.1, 0.15) is 68.9 Å². The first-order valence-electron chi connectivity index (χ1n) is 13.6. The van der Waals surface area contributed by atoms with Crippen molar-refractivity contribution in [2.45, 2.75) is 64.2 Å². The molecule has 2 aliphatic rings. The normalized spacial score (nSPS) is 17.4. The molecule has 2 aromatic rings. The number of hydrogen-bond acceptors (Lipinski definition) is 3. The van der Waals surface area contributed by atoms with E-state index in [0.717, 1.165) is 24.7 Å². The van der Waals surface area contributed by atoms with E-state index in [1.54, 1.807) is 0 Å². The Bertz CT molecular complexity index is 773. The third-order valence-corrected chi connectivity index (χ3v) is 7.57. The largest absolute Gasteiger partial charge is 0.494 e. The first-order valence-corrected chi connectivity index (χ1v) is 13.6. The minimum atomic E-state index is 0. The summed E-state index contributed by atoms with van der Waals surface area (Å²) in [6.07, 6.45) is 13.3. The van der Waals surface area contributed by atoms with Crippen LogP contribution in [0.15, 0.2) is 54.6 Å². The van der Waals surface area contributed by atoms with Crippen LogP contribution in [-0.2, 0) is 6.42 Å². The summed E-state index contributed by atoms with van der Waals surface area (Å²) in [6, 6.07) is 19.3. The fraction of sp³-hybridized carbons (Fsp3) is 0.600. The molecule has 0 radical (unpaired) electrons. The molecule has 3 nitrogen and oxygen atoms in total. The molecule has 2 aromatic carbocycles. The molecular weight excluding hydrogens is 475 g/mol. The number of benzene rings is 2. The second-order valence-corrected chi connectivity index (χ2v) is 10.2. The van der Waals surface area contributed by atoms with Gasteiger partial charge in [0.25, 0.3) is 0 Å². The van der Waals surface area contributed by atoms with Crippen LogP contribution in [0.4, 0.5) is 0 Å². The zero-order valence-electron chi connectivity index (χ0n) is 21.4. The summed E-state index contributed by atoms with van der Waals surface area (Å²) < 4.78 is 6.06. The smallest absolute Gasteiger partial charge is 0.119 e. The van der Waals surface area contributed by atoms with Crippen molar-refractivity contribution in [1.82, 2.24) is 9.80 Å². The second kappa shape index (κ2) is 17.2. The van der Waals surface area contributed by atoms with Crippen LogP contribution in [0.5, 0.6) is 5.75 Å². The Kier molecular flexibility index (Phi) is 14.8. The van der Waals surface area contributed by atoms with Gasteiger partial charge in [-0.25, -0.2) is 0 Å². The summed E-state index contributed by atoms with van der Waals surface area (Å²) in [6.45, 7) is 8.74. The molecule has 5 heteroatoms. The molecule has 0 aliphatic carbocycles. The van der Waals surface area contributed by atoms with E-state index >= 15 is 0 Å². The van der Waals surface area contributed by atoms with Gasteiger partial charge in [0.2, 0.25) is 0 Å². The molecule has 0 bridgehead atoms. The summed E-state index contributed by atoms with van der Waals surface area (Å²) >= 11 is 0. The van der Waals surface area contributed by atoms with Crippen LogP contribution in [0.3, 0.4) is 0 Å². The molecule has 0 spiro atoms. The van der Waals surface area contributed by atoms with Gasteiger partial charge in [0.15, 0.2) is 0 Å². The van der Waals surface area contributed by atoms with E-state index in [1.165, 1.54) is 108 Å². The van der Waals surface area contributed by atoms with E-state index < -0.39 is 0 Å². The molecule has 0 saturated carbocycles. The molecule has 2 saturated heterocycles. The molecule has 35 heavy (non-hydrogen) atoms. The van der Waals surface area contributed by atoms with Gasteiger partial charge in [-0.2, -0.15) is 0 Å². The molecule has 0 aromatic heterocycles. The molecule has 2 fully saturated rings. The van der Waals surface area contributed by atoms with Gasteiger partial charge in [0, 0.05) is 0 Å². The van der Waals surface area contributed by atoms with Gasteiger partial charge in [-0.3, -0.25) is 0 Å². The highest BCUT2D eigenvalue weighted by atomic mass is 35.5. The predicted octanol–water partition coefficient (Wildman–Crippen LogP) is 7.26. The summed E-state index contributed by atoms with van der Waals surface area (Å²) in [5.41, 5.74) is 2.70. The van der Waals surface area contributed by atoms with Gasteiger partial charge in [-0.05, 0) is 120 Å². The SMILES string of the molecule is Cl.Cl.c1ccc(Cc2ccc(OCCC3CCN(CCCCCN4CCCCC4)CC3)cc2)cc1. The van der Waals surface area contributed by atoms with Gasteiger partial charge in [0.05, 0.1) is 6.61 Å². The highest BCUT2D eigenvalue weighted by molar-refractivity contribution is 5.85. The van der Waals surface area contributed by atoms with Crippen molar-refractivity contribution < 1.29 is 4.74 Å². The zero-order chi connectivity index (χ0) is 22.6. The van der Waals surface area contributed by atoms with Crippen LogP contribution in [0.25, 0.3) is 0 Å². The van der Waals surface area contributed by atoms with Crippen molar-refractivity contribution in [2.24, 2.45) is 5.92 Å². The van der Waals surface area contributed by atoms with E-state index in [4.69, 9.17) is 4.74 Å². The van der Waals surface area contributed by atoms with E-state index in [2.05, 4.69) is 64.4 Å². The number of unbranched alkanes of at least 4 members (excludes halogenated alkanes) is 2. The molecule has 196 valence electrons. The molecule has 4 rings (SSSR count). The quantitative estimate of drug-likeness (QED) is 0.274. The Morgan fingerprint density at radius 3 is 1.91 bits per heavy atom. The average molecular weight is 522 g/mol. The highest BCUT2D eigenvalue weighted by Gasteiger charge is 2.19. The van der Waals surface area contributed by atoms with Crippen LogP contribution >= 0.6 is 24.8 Å². The van der Waals surface area contributed by atoms with Gasteiger partial charge in [0.1, 0.15) is 5.75 Å². The fourth-order valence-corrected chi connectivity index (χ4v) is 5.41. The molecule has 2 aliphatic heterocycles. The lowest BCUT2D eigenvalue weighted by atomic mass is 9.94. The Morgan fingerprint density at radius 1 is 0.657 bits per heavy atom. The number of rotatable bonds is 12. The minimum absolute atomic E-state index is 0. The van der Waals surface area contributed by atoms with E-state index in [1.807, 2.05) is 0 Å². The third kappa shape index (κ3) is 11.1. The zero-order valence-corrected chi connectivity index (χ0v) is 23.0. The molecule has 0 N–H and O–H groups in total. The van der Waals surface area contributed by atoms with Crippen molar-refractivity contribution in [3.63, 3.8) is 0 Å². The van der Waals surface area contributed by atoms with Crippen LogP contribution in [-0.4, -0.2) is 55.7 Å². The maximum Gasteiger partial charge on any atom is 0.119 e. The van der Waals surface area contributed by atoms with Crippen molar-refractivity contribution in [2.75, 3.05) is 45.9 Å². The van der Waals surface area contributed by atoms with Gasteiger partial charge in [-0.1, -0.05) is 55.3 Å². The van der Waals surface area contributed by atoms with Crippen molar-refractivity contribution in [3.8, 4) is 5.75 Å². The third-order valence-electron chi connectivity index (χ3n) is 7.57. The molecule has 0 unspecified atom stereocenters. The van der Waals surface area contributed by atoms with Crippen LogP contribution in [0, 0.1) is 5.92 Å². The summed E-state index contributed by atoms with van der Waals surface area (Å²) in [5.74, 6) is 1.84. The van der Waals surface area contributed by atoms with Crippen molar-refractivity contribution in [3.05, 3.63) is 65.7 Å². The maximum atomic E-state index is 6.06. The number of piperidine rings is 2. The molecular formula is C30H46Cl2N2O. The summed E-state index contributed by atoms with van der Waals surface area (Å²) in [7, 11) is 0. The highest BCUT2D eigenvalue weighted by Crippen LogP contribution is 2.22. The van der Waals surface area contributed by atoms with E-state index in [9.17, 15) is 0 Å². The van der Waals surface area contributed by atoms with Gasteiger partial charge < -0.3 is 14.5 Å². The topological polar surface area (TPSA) is 15.7 Å². The Hall–Kier alpha value is -1.26. The Balaban J connectivity index is 0.00000216. The number of likely N-dealkylation sites (tertiary alicyclic amines) is 2. The van der Waals surface area contributed by atoms with Gasteiger partial charge >= 0.3 is 0 Å². The molecule has 0 amide bonds. The number of ether oxygens (including phenoxy) is 1. The second-order valence-electron chi connectivity index (χ2n) is 10.2. The minimum Gasteiger partial charge on any atom is -0.494 e. The number of hydrogen-bond donors (Lipinski definition) is 0. The van der Waals surface area contributed by atoms with Crippen LogP contribution < -0.4 is 4.74 Å². The van der Waals surface area contributed by atoms with Crippen LogP contribution in [0.2, 0.25) is 0 Å². The summed E-state index contributed by atoms with van der Waals surface area (Å²) in [4.78, 5) is 5.37. The van der Waals surface area contributed by atoms with Gasteiger partial charge in [-0.15, -0.1) is 24.8 Å². The molecule has 0 atom stereocenters. The van der Waals surface area contributed by atoms with E-state index in [-0.39, 0.29) is 24.8 Å². The first-order chi connectivity index (χ1) is 16.3. The lowest BCUT2D eigenvalue weighted by Crippen LogP contribution is -2.35. The Labute approximate surface area is 226 Å². The average Bonchev–Trinajstić information content (AvgIpc) is 2.87. The van der Waals surface area contributed by atoms with E-state index in [0.29, 0.717) is 0 Å². The lowest BCUT2D eigenvalue weighted by Gasteiger charge is -2.32. The van der Waals surface area contributed by atoms with Crippen molar-refractivity contribution in [1.29, 1.82) is 0 Å². The fourth-order valence-electron chi connectivity index (χ4n) is 5.41. The maximum absolute atomic E-state index is 6.06. The summed E-state index contributed by atoms with van der Waals surface area (Å²) in [5, 5.41) is 0. The first kappa shape index (κ1) is 30.0. The Morgan fingerprint density at radius 2 is 1.26 bits per heavy atom. The standard InChI is InChI=1S/C30H44N2O.2ClH/c1-4-10-28(11-5-1)26-29-12-14-30(15-13-29)33-25-18-27-16-23-32(24-17-27)22-9-3-8-21-31-19-6-2-7-20-31;;/h1,4-5,10-15,27H,2-3,6-9,16-26H2;2*1H. The number of halogens is 2.